The monoisotopic (exact) mass is 362 g/mol. The first-order chi connectivity index (χ1) is 10.4. The summed E-state index contributed by atoms with van der Waals surface area (Å²) in [7, 11) is 0. The number of hydrogen-bond donors (Lipinski definition) is 1. The Morgan fingerprint density at radius 2 is 2.14 bits per heavy atom. The summed E-state index contributed by atoms with van der Waals surface area (Å²) in [5, 5.41) is 10.1. The van der Waals surface area contributed by atoms with E-state index in [-0.39, 0.29) is 17.4 Å². The highest BCUT2D eigenvalue weighted by Crippen LogP contribution is 2.52. The van der Waals surface area contributed by atoms with E-state index < -0.39 is 0 Å². The molecule has 2 unspecified atom stereocenters. The molecule has 0 bridgehead atoms. The van der Waals surface area contributed by atoms with E-state index in [1.54, 1.807) is 0 Å². The van der Waals surface area contributed by atoms with Crippen molar-refractivity contribution in [2.45, 2.75) is 45.6 Å². The van der Waals surface area contributed by atoms with Crippen molar-refractivity contribution in [2.24, 2.45) is 17.3 Å². The third kappa shape index (κ3) is 2.69. The zero-order valence-electron chi connectivity index (χ0n) is 13.2. The molecule has 118 valence electrons. The van der Waals surface area contributed by atoms with E-state index in [2.05, 4.69) is 29.8 Å². The maximum Gasteiger partial charge on any atom is 0.165 e. The second kappa shape index (κ2) is 5.93. The van der Waals surface area contributed by atoms with E-state index in [9.17, 15) is 9.90 Å². The van der Waals surface area contributed by atoms with Crippen molar-refractivity contribution in [2.75, 3.05) is 0 Å². The number of fused-ring (bicyclic) bond motifs is 1. The lowest BCUT2D eigenvalue weighted by atomic mass is 9.55. The maximum absolute atomic E-state index is 13.1. The first-order valence-electron chi connectivity index (χ1n) is 8.11. The van der Waals surface area contributed by atoms with E-state index >= 15 is 0 Å². The van der Waals surface area contributed by atoms with Crippen LogP contribution in [0.25, 0.3) is 6.08 Å². The topological polar surface area (TPSA) is 37.3 Å². The highest BCUT2D eigenvalue weighted by Gasteiger charge is 2.51. The van der Waals surface area contributed by atoms with Gasteiger partial charge in [0, 0.05) is 9.89 Å². The quantitative estimate of drug-likeness (QED) is 0.740. The molecule has 3 heteroatoms. The number of carbonyl (C=O) groups is 1. The molecular formula is C19H23BrO2. The Morgan fingerprint density at radius 1 is 1.36 bits per heavy atom. The van der Waals surface area contributed by atoms with Gasteiger partial charge in [-0.15, -0.1) is 0 Å². The fourth-order valence-corrected chi connectivity index (χ4v) is 4.75. The van der Waals surface area contributed by atoms with E-state index in [1.165, 1.54) is 0 Å². The summed E-state index contributed by atoms with van der Waals surface area (Å²) in [6.07, 6.45) is 5.16. The number of ketones is 1. The summed E-state index contributed by atoms with van der Waals surface area (Å²) in [5.74, 6) is 0.820. The van der Waals surface area contributed by atoms with Crippen LogP contribution in [0.3, 0.4) is 0 Å². The number of Topliss-reactive ketones (excluding diaryl/α,β-unsaturated/α-hetero) is 1. The Labute approximate surface area is 140 Å². The number of hydrogen-bond acceptors (Lipinski definition) is 2. The van der Waals surface area contributed by atoms with Crippen LogP contribution < -0.4 is 0 Å². The van der Waals surface area contributed by atoms with E-state index in [0.717, 1.165) is 41.3 Å². The summed E-state index contributed by atoms with van der Waals surface area (Å²) in [5.41, 5.74) is 1.72. The smallest absolute Gasteiger partial charge is 0.165 e. The fourth-order valence-electron chi connectivity index (χ4n) is 4.33. The lowest BCUT2D eigenvalue weighted by molar-refractivity contribution is -0.137. The summed E-state index contributed by atoms with van der Waals surface area (Å²) >= 11 is 3.48. The van der Waals surface area contributed by atoms with Crippen LogP contribution in [0.15, 0.2) is 34.3 Å². The Balaban J connectivity index is 1.90. The van der Waals surface area contributed by atoms with Gasteiger partial charge in [-0.1, -0.05) is 41.9 Å². The molecule has 2 aliphatic carbocycles. The highest BCUT2D eigenvalue weighted by atomic mass is 79.9. The zero-order chi connectivity index (χ0) is 15.9. The van der Waals surface area contributed by atoms with Crippen molar-refractivity contribution < 1.29 is 9.90 Å². The molecule has 1 aromatic carbocycles. The molecule has 0 radical (unpaired) electrons. The number of aliphatic hydroxyl groups is 1. The summed E-state index contributed by atoms with van der Waals surface area (Å²) < 4.78 is 1.03. The Kier molecular flexibility index (Phi) is 4.30. The second-order valence-electron chi connectivity index (χ2n) is 7.08. The van der Waals surface area contributed by atoms with Crippen molar-refractivity contribution in [3.63, 3.8) is 0 Å². The summed E-state index contributed by atoms with van der Waals surface area (Å²) in [6.45, 7) is 4.21. The van der Waals surface area contributed by atoms with Crippen molar-refractivity contribution in [3.05, 3.63) is 39.9 Å². The molecule has 0 aliphatic heterocycles. The number of allylic oxidation sites excluding steroid dienone is 1. The molecule has 0 aromatic heterocycles. The minimum Gasteiger partial charge on any atom is -0.393 e. The molecule has 3 rings (SSSR count). The number of benzene rings is 1. The predicted octanol–water partition coefficient (Wildman–Crippen LogP) is 4.61. The summed E-state index contributed by atoms with van der Waals surface area (Å²) in [4.78, 5) is 13.1. The molecular weight excluding hydrogens is 340 g/mol. The van der Waals surface area contributed by atoms with Crippen LogP contribution >= 0.6 is 15.9 Å². The number of carbonyl (C=O) groups excluding carboxylic acids is 1. The van der Waals surface area contributed by atoms with Crippen LogP contribution in [0, 0.1) is 17.3 Å². The molecule has 0 saturated heterocycles. The van der Waals surface area contributed by atoms with Crippen LogP contribution in [0.1, 0.15) is 45.1 Å². The van der Waals surface area contributed by atoms with Gasteiger partial charge in [0.25, 0.3) is 0 Å². The molecule has 1 N–H and O–H groups in total. The average molecular weight is 363 g/mol. The third-order valence-corrected chi connectivity index (χ3v) is 6.24. The number of rotatable bonds is 1. The van der Waals surface area contributed by atoms with Gasteiger partial charge in [-0.05, 0) is 66.9 Å². The normalized spacial score (nSPS) is 37.2. The highest BCUT2D eigenvalue weighted by molar-refractivity contribution is 9.10. The molecule has 4 atom stereocenters. The lowest BCUT2D eigenvalue weighted by Crippen LogP contribution is -2.50. The van der Waals surface area contributed by atoms with Gasteiger partial charge in [0.2, 0.25) is 0 Å². The lowest BCUT2D eigenvalue weighted by Gasteiger charge is -2.49. The van der Waals surface area contributed by atoms with Gasteiger partial charge in [0.05, 0.1) is 6.10 Å². The fraction of sp³-hybridized carbons (Fsp3) is 0.526. The average Bonchev–Trinajstić information content (AvgIpc) is 2.48. The van der Waals surface area contributed by atoms with Gasteiger partial charge < -0.3 is 5.11 Å². The van der Waals surface area contributed by atoms with E-state index in [4.69, 9.17) is 0 Å². The van der Waals surface area contributed by atoms with Crippen molar-refractivity contribution in [1.29, 1.82) is 0 Å². The molecule has 22 heavy (non-hydrogen) atoms. The largest absolute Gasteiger partial charge is 0.393 e. The Morgan fingerprint density at radius 3 is 2.86 bits per heavy atom. The Bertz CT molecular complexity index is 622. The van der Waals surface area contributed by atoms with E-state index in [1.807, 2.05) is 30.3 Å². The molecule has 2 aliphatic rings. The number of aliphatic hydroxyl groups excluding tert-OH is 1. The predicted molar refractivity (Wildman–Crippen MR) is 92.4 cm³/mol. The van der Waals surface area contributed by atoms with Gasteiger partial charge in [-0.25, -0.2) is 0 Å². The molecule has 2 nitrogen and oxygen atoms in total. The minimum atomic E-state index is -0.297. The third-order valence-electron chi connectivity index (χ3n) is 5.74. The SMILES string of the molecule is C[C@@H]1C(O)CC[C@]2(C)C(=O)C(=Cc3cccc(Br)c3)CCC12. The van der Waals surface area contributed by atoms with Crippen molar-refractivity contribution in [1.82, 2.24) is 0 Å². The van der Waals surface area contributed by atoms with Gasteiger partial charge in [0.15, 0.2) is 5.78 Å². The van der Waals surface area contributed by atoms with Crippen LogP contribution in [0.4, 0.5) is 0 Å². The molecule has 0 amide bonds. The Hall–Kier alpha value is -0.930. The summed E-state index contributed by atoms with van der Waals surface area (Å²) in [6, 6.07) is 8.06. The van der Waals surface area contributed by atoms with Gasteiger partial charge >= 0.3 is 0 Å². The van der Waals surface area contributed by atoms with Crippen LogP contribution in [-0.4, -0.2) is 17.0 Å². The van der Waals surface area contributed by atoms with Crippen LogP contribution in [-0.2, 0) is 4.79 Å². The van der Waals surface area contributed by atoms with E-state index in [0.29, 0.717) is 11.7 Å². The van der Waals surface area contributed by atoms with Crippen molar-refractivity contribution >= 4 is 27.8 Å². The van der Waals surface area contributed by atoms with Gasteiger partial charge in [-0.3, -0.25) is 4.79 Å². The zero-order valence-corrected chi connectivity index (χ0v) is 14.8. The van der Waals surface area contributed by atoms with Gasteiger partial charge in [-0.2, -0.15) is 0 Å². The minimum absolute atomic E-state index is 0.218. The first-order valence-corrected chi connectivity index (χ1v) is 8.90. The van der Waals surface area contributed by atoms with Gasteiger partial charge in [0.1, 0.15) is 0 Å². The van der Waals surface area contributed by atoms with Crippen molar-refractivity contribution in [3.8, 4) is 0 Å². The molecule has 2 fully saturated rings. The molecule has 1 aromatic rings. The molecule has 0 heterocycles. The molecule has 2 saturated carbocycles. The first kappa shape index (κ1) is 15.9. The van der Waals surface area contributed by atoms with Crippen LogP contribution in [0.2, 0.25) is 0 Å². The standard InChI is InChI=1S/C19H23BrO2/c1-12-16-7-6-14(10-13-4-3-5-15(20)11-13)18(22)19(16,2)9-8-17(12)21/h3-5,10-12,16-17,21H,6-9H2,1-2H3/t12-,16?,17?,19-/m0/s1. The second-order valence-corrected chi connectivity index (χ2v) is 8.00. The molecule has 0 spiro atoms. The number of halogens is 1. The maximum atomic E-state index is 13.1. The van der Waals surface area contributed by atoms with Crippen LogP contribution in [0.5, 0.6) is 0 Å².